The van der Waals surface area contributed by atoms with Crippen LogP contribution < -0.4 is 11.1 Å². The van der Waals surface area contributed by atoms with Crippen molar-refractivity contribution in [3.63, 3.8) is 0 Å². The highest BCUT2D eigenvalue weighted by Gasteiger charge is 2.06. The van der Waals surface area contributed by atoms with Crippen LogP contribution in [0.25, 0.3) is 0 Å². The van der Waals surface area contributed by atoms with Gasteiger partial charge in [-0.25, -0.2) is 0 Å². The lowest BCUT2D eigenvalue weighted by Gasteiger charge is -2.06. The maximum atomic E-state index is 11.9. The lowest BCUT2D eigenvalue weighted by Crippen LogP contribution is -2.23. The predicted molar refractivity (Wildman–Crippen MR) is 77.3 cm³/mol. The molecule has 0 aromatic heterocycles. The molecule has 0 heterocycles. The molecule has 2 rings (SSSR count). The van der Waals surface area contributed by atoms with Crippen molar-refractivity contribution in [2.75, 3.05) is 0 Å². The normalized spacial score (nSPS) is 9.67. The van der Waals surface area contributed by atoms with E-state index in [1.54, 1.807) is 36.4 Å². The van der Waals surface area contributed by atoms with Crippen molar-refractivity contribution in [1.29, 1.82) is 5.26 Å². The van der Waals surface area contributed by atoms with Gasteiger partial charge >= 0.3 is 0 Å². The summed E-state index contributed by atoms with van der Waals surface area (Å²) in [6.45, 7) is 0.363. The van der Waals surface area contributed by atoms with E-state index in [0.717, 1.165) is 5.56 Å². The van der Waals surface area contributed by atoms with Crippen LogP contribution in [0.5, 0.6) is 0 Å². The van der Waals surface area contributed by atoms with E-state index < -0.39 is 5.91 Å². The number of benzene rings is 2. The first kappa shape index (κ1) is 14.3. The lowest BCUT2D eigenvalue weighted by molar-refractivity contribution is 0.0948. The van der Waals surface area contributed by atoms with Gasteiger partial charge in [0.2, 0.25) is 5.91 Å². The standard InChI is InChI=1S/C16H13N3O2/c17-9-11-1-3-12(4-2-11)10-19-16(21)14-7-5-13(6-8-14)15(18)20/h1-8H,10H2,(H2,18,20)(H,19,21). The van der Waals surface area contributed by atoms with Gasteiger partial charge in [0, 0.05) is 17.7 Å². The highest BCUT2D eigenvalue weighted by molar-refractivity contribution is 5.97. The van der Waals surface area contributed by atoms with Gasteiger partial charge < -0.3 is 11.1 Å². The summed E-state index contributed by atoms with van der Waals surface area (Å²) >= 11 is 0. The Balaban J connectivity index is 1.97. The highest BCUT2D eigenvalue weighted by atomic mass is 16.2. The average molecular weight is 279 g/mol. The van der Waals surface area contributed by atoms with Crippen molar-refractivity contribution < 1.29 is 9.59 Å². The molecule has 0 aliphatic heterocycles. The van der Waals surface area contributed by atoms with Crippen LogP contribution in [-0.2, 0) is 6.54 Å². The summed E-state index contributed by atoms with van der Waals surface area (Å²) in [5.41, 5.74) is 7.42. The number of nitrogens with zero attached hydrogens (tertiary/aromatic N) is 1. The quantitative estimate of drug-likeness (QED) is 0.889. The van der Waals surface area contributed by atoms with Crippen molar-refractivity contribution >= 4 is 11.8 Å². The number of carbonyl (C=O) groups is 2. The van der Waals surface area contributed by atoms with Crippen LogP contribution in [0, 0.1) is 11.3 Å². The maximum Gasteiger partial charge on any atom is 0.251 e. The van der Waals surface area contributed by atoms with Gasteiger partial charge in [0.1, 0.15) is 0 Å². The Morgan fingerprint density at radius 1 is 1.00 bits per heavy atom. The Kier molecular flexibility index (Phi) is 4.32. The third-order valence-electron chi connectivity index (χ3n) is 2.97. The number of nitrogens with one attached hydrogen (secondary N) is 1. The fraction of sp³-hybridized carbons (Fsp3) is 0.0625. The van der Waals surface area contributed by atoms with E-state index in [2.05, 4.69) is 5.32 Å². The minimum atomic E-state index is -0.528. The average Bonchev–Trinajstić information content (AvgIpc) is 2.53. The number of rotatable bonds is 4. The van der Waals surface area contributed by atoms with Crippen LogP contribution in [0.1, 0.15) is 31.8 Å². The van der Waals surface area contributed by atoms with E-state index in [1.807, 2.05) is 6.07 Å². The smallest absolute Gasteiger partial charge is 0.251 e. The van der Waals surface area contributed by atoms with E-state index in [0.29, 0.717) is 23.2 Å². The molecule has 0 unspecified atom stereocenters. The zero-order valence-corrected chi connectivity index (χ0v) is 11.2. The van der Waals surface area contributed by atoms with Crippen LogP contribution in [0.15, 0.2) is 48.5 Å². The molecular weight excluding hydrogens is 266 g/mol. The molecule has 0 saturated heterocycles. The molecule has 0 aliphatic rings. The number of amides is 2. The lowest BCUT2D eigenvalue weighted by atomic mass is 10.1. The Morgan fingerprint density at radius 2 is 1.57 bits per heavy atom. The largest absolute Gasteiger partial charge is 0.366 e. The van der Waals surface area contributed by atoms with Crippen LogP contribution >= 0.6 is 0 Å². The maximum absolute atomic E-state index is 11.9. The van der Waals surface area contributed by atoms with E-state index in [1.165, 1.54) is 12.1 Å². The van der Waals surface area contributed by atoms with Gasteiger partial charge in [-0.3, -0.25) is 9.59 Å². The second kappa shape index (κ2) is 6.35. The van der Waals surface area contributed by atoms with E-state index in [4.69, 9.17) is 11.0 Å². The molecule has 0 spiro atoms. The van der Waals surface area contributed by atoms with Gasteiger partial charge in [-0.2, -0.15) is 5.26 Å². The molecule has 0 aliphatic carbocycles. The topological polar surface area (TPSA) is 96.0 Å². The summed E-state index contributed by atoms with van der Waals surface area (Å²) in [6, 6.07) is 15.1. The first-order valence-electron chi connectivity index (χ1n) is 6.27. The fourth-order valence-electron chi connectivity index (χ4n) is 1.77. The molecule has 0 fully saturated rings. The summed E-state index contributed by atoms with van der Waals surface area (Å²) in [7, 11) is 0. The molecule has 5 heteroatoms. The third-order valence-corrected chi connectivity index (χ3v) is 2.97. The Bertz CT molecular complexity index is 698. The monoisotopic (exact) mass is 279 g/mol. The van der Waals surface area contributed by atoms with Crippen LogP contribution in [0.4, 0.5) is 0 Å². The van der Waals surface area contributed by atoms with Crippen molar-refractivity contribution in [3.8, 4) is 6.07 Å². The molecule has 104 valence electrons. The van der Waals surface area contributed by atoms with Crippen molar-refractivity contribution in [2.24, 2.45) is 5.73 Å². The first-order valence-corrected chi connectivity index (χ1v) is 6.27. The molecule has 2 amide bonds. The van der Waals surface area contributed by atoms with Crippen molar-refractivity contribution in [3.05, 3.63) is 70.8 Å². The molecule has 2 aromatic carbocycles. The van der Waals surface area contributed by atoms with Gasteiger partial charge in [-0.15, -0.1) is 0 Å². The summed E-state index contributed by atoms with van der Waals surface area (Å²) in [6.07, 6.45) is 0. The second-order valence-corrected chi connectivity index (χ2v) is 4.43. The van der Waals surface area contributed by atoms with Crippen LogP contribution in [-0.4, -0.2) is 11.8 Å². The summed E-state index contributed by atoms with van der Waals surface area (Å²) in [5.74, 6) is -0.769. The zero-order valence-electron chi connectivity index (χ0n) is 11.2. The summed E-state index contributed by atoms with van der Waals surface area (Å²) in [4.78, 5) is 22.9. The third kappa shape index (κ3) is 3.67. The summed E-state index contributed by atoms with van der Waals surface area (Å²) < 4.78 is 0. The van der Waals surface area contributed by atoms with Crippen LogP contribution in [0.3, 0.4) is 0 Å². The number of hydrogen-bond donors (Lipinski definition) is 2. The molecule has 0 radical (unpaired) electrons. The summed E-state index contributed by atoms with van der Waals surface area (Å²) in [5, 5.41) is 11.5. The molecule has 21 heavy (non-hydrogen) atoms. The molecule has 5 nitrogen and oxygen atoms in total. The number of carbonyl (C=O) groups excluding carboxylic acids is 2. The SMILES string of the molecule is N#Cc1ccc(CNC(=O)c2ccc(C(N)=O)cc2)cc1. The van der Waals surface area contributed by atoms with Crippen molar-refractivity contribution in [2.45, 2.75) is 6.54 Å². The predicted octanol–water partition coefficient (Wildman–Crippen LogP) is 1.59. The minimum Gasteiger partial charge on any atom is -0.366 e. The Hall–Kier alpha value is -3.13. The van der Waals surface area contributed by atoms with Crippen molar-refractivity contribution in [1.82, 2.24) is 5.32 Å². The van der Waals surface area contributed by atoms with Crippen LogP contribution in [0.2, 0.25) is 0 Å². The van der Waals surface area contributed by atoms with Gasteiger partial charge in [0.05, 0.1) is 11.6 Å². The number of primary amides is 1. The molecule has 0 atom stereocenters. The van der Waals surface area contributed by atoms with Gasteiger partial charge in [-0.1, -0.05) is 12.1 Å². The Labute approximate surface area is 122 Å². The van der Waals surface area contributed by atoms with E-state index in [-0.39, 0.29) is 5.91 Å². The number of hydrogen-bond acceptors (Lipinski definition) is 3. The zero-order chi connectivity index (χ0) is 15.2. The first-order chi connectivity index (χ1) is 10.1. The fourth-order valence-corrected chi connectivity index (χ4v) is 1.77. The van der Waals surface area contributed by atoms with E-state index in [9.17, 15) is 9.59 Å². The molecule has 0 saturated carbocycles. The molecule has 0 bridgehead atoms. The molecule has 3 N–H and O–H groups in total. The number of nitriles is 1. The highest BCUT2D eigenvalue weighted by Crippen LogP contribution is 2.06. The molecular formula is C16H13N3O2. The van der Waals surface area contributed by atoms with Gasteiger partial charge in [0.15, 0.2) is 0 Å². The second-order valence-electron chi connectivity index (χ2n) is 4.43. The van der Waals surface area contributed by atoms with Gasteiger partial charge in [0.25, 0.3) is 5.91 Å². The van der Waals surface area contributed by atoms with Gasteiger partial charge in [-0.05, 0) is 42.0 Å². The molecule has 2 aromatic rings. The number of nitrogens with two attached hydrogens (primary N) is 1. The Morgan fingerprint density at radius 3 is 2.10 bits per heavy atom. The minimum absolute atomic E-state index is 0.240. The van der Waals surface area contributed by atoms with E-state index >= 15 is 0 Å².